The SMILES string of the molecule is CC1(C)[C@H]2CC[C@@]1(C)/C(=N/NC(=O)C[C@H]1Sc3ccccc3NC1=O)C2. The maximum absolute atomic E-state index is 12.4. The molecular weight excluding hydrogens is 346 g/mol. The Morgan fingerprint density at radius 1 is 1.35 bits per heavy atom. The van der Waals surface area contributed by atoms with Gasteiger partial charge in [-0.3, -0.25) is 9.59 Å². The average molecular weight is 372 g/mol. The van der Waals surface area contributed by atoms with E-state index in [0.29, 0.717) is 5.92 Å². The summed E-state index contributed by atoms with van der Waals surface area (Å²) in [5.74, 6) is 0.331. The average Bonchev–Trinajstić information content (AvgIpc) is 2.94. The van der Waals surface area contributed by atoms with Crippen molar-refractivity contribution in [2.24, 2.45) is 21.8 Å². The number of rotatable bonds is 3. The molecule has 6 heteroatoms. The third-order valence-corrected chi connectivity index (χ3v) is 8.18. The fourth-order valence-corrected chi connectivity index (χ4v) is 5.78. The largest absolute Gasteiger partial charge is 0.324 e. The first-order valence-electron chi connectivity index (χ1n) is 9.24. The lowest BCUT2D eigenvalue weighted by Crippen LogP contribution is -2.36. The summed E-state index contributed by atoms with van der Waals surface area (Å²) in [6.07, 6.45) is 3.48. The van der Waals surface area contributed by atoms with Gasteiger partial charge in [0.25, 0.3) is 0 Å². The Labute approximate surface area is 158 Å². The van der Waals surface area contributed by atoms with E-state index in [0.717, 1.165) is 29.1 Å². The van der Waals surface area contributed by atoms with E-state index in [4.69, 9.17) is 0 Å². The maximum Gasteiger partial charge on any atom is 0.241 e. The lowest BCUT2D eigenvalue weighted by atomic mass is 9.70. The number of fused-ring (bicyclic) bond motifs is 3. The summed E-state index contributed by atoms with van der Waals surface area (Å²) in [5.41, 5.74) is 4.95. The highest BCUT2D eigenvalue weighted by atomic mass is 32.2. The van der Waals surface area contributed by atoms with Crippen LogP contribution in [0.15, 0.2) is 34.3 Å². The van der Waals surface area contributed by atoms with Gasteiger partial charge in [-0.2, -0.15) is 5.10 Å². The molecule has 1 aliphatic heterocycles. The van der Waals surface area contributed by atoms with Gasteiger partial charge < -0.3 is 5.32 Å². The van der Waals surface area contributed by atoms with Crippen molar-refractivity contribution >= 4 is 35.0 Å². The summed E-state index contributed by atoms with van der Waals surface area (Å²) >= 11 is 1.44. The van der Waals surface area contributed by atoms with Crippen molar-refractivity contribution in [2.45, 2.75) is 56.6 Å². The van der Waals surface area contributed by atoms with Crippen LogP contribution in [0.2, 0.25) is 0 Å². The fourth-order valence-electron chi connectivity index (χ4n) is 4.67. The van der Waals surface area contributed by atoms with Crippen LogP contribution in [0.3, 0.4) is 0 Å². The van der Waals surface area contributed by atoms with E-state index in [1.54, 1.807) is 0 Å². The molecule has 0 unspecified atom stereocenters. The van der Waals surface area contributed by atoms with E-state index in [9.17, 15) is 9.59 Å². The first-order chi connectivity index (χ1) is 12.3. The molecule has 2 amide bonds. The van der Waals surface area contributed by atoms with Gasteiger partial charge in [0.1, 0.15) is 0 Å². The van der Waals surface area contributed by atoms with E-state index >= 15 is 0 Å². The molecule has 26 heavy (non-hydrogen) atoms. The minimum Gasteiger partial charge on any atom is -0.324 e. The number of anilines is 1. The smallest absolute Gasteiger partial charge is 0.241 e. The fraction of sp³-hybridized carbons (Fsp3) is 0.550. The van der Waals surface area contributed by atoms with Crippen LogP contribution < -0.4 is 10.7 Å². The molecule has 1 heterocycles. The molecule has 3 atom stereocenters. The van der Waals surface area contributed by atoms with Crippen molar-refractivity contribution in [1.82, 2.24) is 5.43 Å². The van der Waals surface area contributed by atoms with Crippen LogP contribution in [0, 0.1) is 16.7 Å². The van der Waals surface area contributed by atoms with Crippen LogP contribution in [0.5, 0.6) is 0 Å². The summed E-state index contributed by atoms with van der Waals surface area (Å²) in [6.45, 7) is 6.90. The third kappa shape index (κ3) is 2.66. The van der Waals surface area contributed by atoms with Crippen LogP contribution >= 0.6 is 11.8 Å². The van der Waals surface area contributed by atoms with E-state index < -0.39 is 5.25 Å². The molecule has 5 nitrogen and oxygen atoms in total. The first-order valence-corrected chi connectivity index (χ1v) is 10.1. The molecule has 138 valence electrons. The lowest BCUT2D eigenvalue weighted by Gasteiger charge is -2.34. The molecular formula is C20H25N3O2S. The Hall–Kier alpha value is -1.82. The van der Waals surface area contributed by atoms with E-state index in [1.807, 2.05) is 24.3 Å². The molecule has 0 radical (unpaired) electrons. The number of para-hydroxylation sites is 1. The Morgan fingerprint density at radius 3 is 2.81 bits per heavy atom. The van der Waals surface area contributed by atoms with Gasteiger partial charge in [0.2, 0.25) is 11.8 Å². The number of hydrogen-bond donors (Lipinski definition) is 2. The Kier molecular flexibility index (Phi) is 4.14. The van der Waals surface area contributed by atoms with Gasteiger partial charge in [-0.05, 0) is 42.7 Å². The van der Waals surface area contributed by atoms with Crippen molar-refractivity contribution in [3.05, 3.63) is 24.3 Å². The van der Waals surface area contributed by atoms with Gasteiger partial charge in [-0.15, -0.1) is 11.8 Å². The molecule has 0 spiro atoms. The highest BCUT2D eigenvalue weighted by Gasteiger charge is 2.60. The number of benzene rings is 1. The van der Waals surface area contributed by atoms with Gasteiger partial charge in [0.15, 0.2) is 0 Å². The number of thioether (sulfide) groups is 1. The summed E-state index contributed by atoms with van der Waals surface area (Å²) in [6, 6.07) is 7.66. The second-order valence-corrected chi connectivity index (χ2v) is 9.63. The first kappa shape index (κ1) is 17.6. The molecule has 1 aromatic carbocycles. The number of amides is 2. The zero-order chi connectivity index (χ0) is 18.5. The monoisotopic (exact) mass is 371 g/mol. The molecule has 2 bridgehead atoms. The topological polar surface area (TPSA) is 70.6 Å². The number of hydrazone groups is 1. The summed E-state index contributed by atoms with van der Waals surface area (Å²) < 4.78 is 0. The quantitative estimate of drug-likeness (QED) is 0.794. The number of carbonyl (C=O) groups is 2. The van der Waals surface area contributed by atoms with Gasteiger partial charge in [-0.1, -0.05) is 32.9 Å². The summed E-state index contributed by atoms with van der Waals surface area (Å²) in [5, 5.41) is 6.94. The molecule has 2 N–H and O–H groups in total. The van der Waals surface area contributed by atoms with E-state index in [-0.39, 0.29) is 29.1 Å². The molecule has 1 aromatic rings. The number of nitrogens with one attached hydrogen (secondary N) is 2. The van der Waals surface area contributed by atoms with Crippen molar-refractivity contribution in [2.75, 3.05) is 5.32 Å². The van der Waals surface area contributed by atoms with Gasteiger partial charge in [0.05, 0.1) is 10.9 Å². The van der Waals surface area contributed by atoms with Crippen LogP contribution in [0.25, 0.3) is 0 Å². The number of nitrogens with zero attached hydrogens (tertiary/aromatic N) is 1. The van der Waals surface area contributed by atoms with Crippen molar-refractivity contribution < 1.29 is 9.59 Å². The lowest BCUT2D eigenvalue weighted by molar-refractivity contribution is -0.124. The molecule has 0 aromatic heterocycles. The molecule has 2 aliphatic carbocycles. The van der Waals surface area contributed by atoms with E-state index in [1.165, 1.54) is 18.2 Å². The summed E-state index contributed by atoms with van der Waals surface area (Å²) in [4.78, 5) is 25.6. The molecule has 0 saturated heterocycles. The van der Waals surface area contributed by atoms with E-state index in [2.05, 4.69) is 36.6 Å². The minimum atomic E-state index is -0.419. The van der Waals surface area contributed by atoms with Gasteiger partial charge in [0, 0.05) is 22.4 Å². The van der Waals surface area contributed by atoms with Gasteiger partial charge in [-0.25, -0.2) is 5.43 Å². The third-order valence-electron chi connectivity index (χ3n) is 6.91. The Bertz CT molecular complexity index is 804. The highest BCUT2D eigenvalue weighted by molar-refractivity contribution is 8.01. The Balaban J connectivity index is 1.40. The normalized spacial score (nSPS) is 33.0. The standard InChI is InChI=1S/C20H25N3O2S/c1-19(2)12-8-9-20(19,3)16(10-12)22-23-17(24)11-15-18(25)21-13-6-4-5-7-14(13)26-15/h4-7,12,15H,8-11H2,1-3H3,(H,21,25)(H,23,24)/b22-16+/t12-,15+,20-/m0/s1. The van der Waals surface area contributed by atoms with Crippen LogP contribution in [0.4, 0.5) is 5.69 Å². The number of carbonyl (C=O) groups excluding carboxylic acids is 2. The van der Waals surface area contributed by atoms with Crippen LogP contribution in [0.1, 0.15) is 46.5 Å². The highest BCUT2D eigenvalue weighted by Crippen LogP contribution is 2.63. The van der Waals surface area contributed by atoms with Crippen LogP contribution in [-0.2, 0) is 9.59 Å². The second kappa shape index (κ2) is 6.12. The zero-order valence-electron chi connectivity index (χ0n) is 15.5. The minimum absolute atomic E-state index is 0.0703. The predicted octanol–water partition coefficient (Wildman–Crippen LogP) is 3.81. The maximum atomic E-state index is 12.4. The summed E-state index contributed by atoms with van der Waals surface area (Å²) in [7, 11) is 0. The molecule has 3 aliphatic rings. The van der Waals surface area contributed by atoms with Crippen molar-refractivity contribution in [3.8, 4) is 0 Å². The number of hydrogen-bond acceptors (Lipinski definition) is 4. The van der Waals surface area contributed by atoms with Crippen molar-refractivity contribution in [1.29, 1.82) is 0 Å². The second-order valence-electron chi connectivity index (χ2n) is 8.38. The predicted molar refractivity (Wildman–Crippen MR) is 104 cm³/mol. The van der Waals surface area contributed by atoms with Crippen LogP contribution in [-0.4, -0.2) is 22.8 Å². The Morgan fingerprint density at radius 2 is 2.12 bits per heavy atom. The molecule has 2 saturated carbocycles. The van der Waals surface area contributed by atoms with Crippen molar-refractivity contribution in [3.63, 3.8) is 0 Å². The molecule has 2 fully saturated rings. The molecule has 4 rings (SSSR count). The van der Waals surface area contributed by atoms with Gasteiger partial charge >= 0.3 is 0 Å². The zero-order valence-corrected chi connectivity index (χ0v) is 16.3.